The summed E-state index contributed by atoms with van der Waals surface area (Å²) in [6, 6.07) is 6.34. The Balaban J connectivity index is 2.03. The second kappa shape index (κ2) is 6.71. The lowest BCUT2D eigenvalue weighted by Gasteiger charge is -2.39. The van der Waals surface area contributed by atoms with E-state index in [1.165, 1.54) is 5.30 Å². The van der Waals surface area contributed by atoms with Crippen molar-refractivity contribution in [2.75, 3.05) is 13.7 Å². The van der Waals surface area contributed by atoms with E-state index in [4.69, 9.17) is 19.2 Å². The minimum absolute atomic E-state index is 0.00784. The Hall–Kier alpha value is -1.28. The van der Waals surface area contributed by atoms with E-state index < -0.39 is 7.92 Å². The summed E-state index contributed by atoms with van der Waals surface area (Å²) in [6.45, 7) is 16.4. The van der Waals surface area contributed by atoms with Crippen LogP contribution < -0.4 is 14.8 Å². The summed E-state index contributed by atoms with van der Waals surface area (Å²) in [6.07, 6.45) is 0. The smallest absolute Gasteiger partial charge is 0.193 e. The lowest BCUT2D eigenvalue weighted by molar-refractivity contribution is 0.172. The predicted octanol–water partition coefficient (Wildman–Crippen LogP) is 4.80. The van der Waals surface area contributed by atoms with Gasteiger partial charge in [0.15, 0.2) is 5.90 Å². The second-order valence-corrected chi connectivity index (χ2v) is 12.1. The van der Waals surface area contributed by atoms with Crippen molar-refractivity contribution in [1.82, 2.24) is 0 Å². The first-order valence-electron chi connectivity index (χ1n) is 9.41. The van der Waals surface area contributed by atoms with Crippen LogP contribution >= 0.6 is 7.92 Å². The van der Waals surface area contributed by atoms with E-state index in [2.05, 4.69) is 54.5 Å². The number of benzene rings is 1. The maximum Gasteiger partial charge on any atom is 0.193 e. The van der Waals surface area contributed by atoms with Crippen LogP contribution in [0, 0.1) is 11.3 Å². The van der Waals surface area contributed by atoms with E-state index in [0.29, 0.717) is 12.5 Å². The largest absolute Gasteiger partial charge is 0.496 e. The molecule has 0 aromatic heterocycles. The fourth-order valence-electron chi connectivity index (χ4n) is 3.64. The highest BCUT2D eigenvalue weighted by Crippen LogP contribution is 2.64. The molecule has 0 fully saturated rings. The van der Waals surface area contributed by atoms with Crippen LogP contribution in [0.5, 0.6) is 11.5 Å². The summed E-state index contributed by atoms with van der Waals surface area (Å²) in [5.74, 6) is 3.20. The van der Waals surface area contributed by atoms with Gasteiger partial charge in [0.2, 0.25) is 0 Å². The molecular formula is C21H32NO3P. The molecule has 4 nitrogen and oxygen atoms in total. The van der Waals surface area contributed by atoms with Crippen LogP contribution in [0.15, 0.2) is 23.2 Å². The first kappa shape index (κ1) is 19.5. The summed E-state index contributed by atoms with van der Waals surface area (Å²) in [5.41, 5.74) is -0.299. The summed E-state index contributed by atoms with van der Waals surface area (Å²) < 4.78 is 18.3. The van der Waals surface area contributed by atoms with E-state index in [0.717, 1.165) is 17.4 Å². The Kier molecular flexibility index (Phi) is 5.03. The monoisotopic (exact) mass is 377 g/mol. The highest BCUT2D eigenvalue weighted by molar-refractivity contribution is 7.68. The van der Waals surface area contributed by atoms with Crippen molar-refractivity contribution in [3.63, 3.8) is 0 Å². The quantitative estimate of drug-likeness (QED) is 0.708. The Morgan fingerprint density at radius 1 is 1.19 bits per heavy atom. The average Bonchev–Trinajstić information content (AvgIpc) is 3.19. The van der Waals surface area contributed by atoms with Crippen molar-refractivity contribution in [1.29, 1.82) is 0 Å². The second-order valence-electron chi connectivity index (χ2n) is 9.10. The minimum atomic E-state index is -0.634. The van der Waals surface area contributed by atoms with Gasteiger partial charge < -0.3 is 14.2 Å². The number of aliphatic imine (C=N–C) groups is 1. The molecule has 1 aromatic rings. The standard InChI is InChI=1S/C21H32NO3P/c1-13(2)14-12-24-18(22-14)21(6,7)19-25-16-11-9-10-15(23-8)17(16)26(19)20(3,4)5/h9-11,13-14,19H,12H2,1-8H3/t14-,19?,26-/m1/s1. The van der Waals surface area contributed by atoms with Gasteiger partial charge in [0.25, 0.3) is 0 Å². The van der Waals surface area contributed by atoms with Gasteiger partial charge in [-0.2, -0.15) is 0 Å². The summed E-state index contributed by atoms with van der Waals surface area (Å²) in [5, 5.41) is 1.31. The van der Waals surface area contributed by atoms with Gasteiger partial charge >= 0.3 is 0 Å². The summed E-state index contributed by atoms with van der Waals surface area (Å²) in [7, 11) is 1.10. The molecule has 1 unspecified atom stereocenters. The van der Waals surface area contributed by atoms with Crippen LogP contribution in [-0.4, -0.2) is 36.7 Å². The predicted molar refractivity (Wildman–Crippen MR) is 110 cm³/mol. The van der Waals surface area contributed by atoms with Gasteiger partial charge in [-0.25, -0.2) is 4.99 Å². The molecule has 0 amide bonds. The number of ether oxygens (including phenoxy) is 3. The molecule has 3 rings (SSSR count). The number of hydrogen-bond donors (Lipinski definition) is 0. The molecule has 0 saturated heterocycles. The average molecular weight is 377 g/mol. The Labute approximate surface area is 159 Å². The molecular weight excluding hydrogens is 345 g/mol. The van der Waals surface area contributed by atoms with Crippen LogP contribution in [-0.2, 0) is 4.74 Å². The molecule has 0 spiro atoms. The van der Waals surface area contributed by atoms with Gasteiger partial charge in [0.1, 0.15) is 24.0 Å². The lowest BCUT2D eigenvalue weighted by Crippen LogP contribution is -2.41. The molecule has 2 aliphatic rings. The van der Waals surface area contributed by atoms with E-state index >= 15 is 0 Å². The molecule has 0 saturated carbocycles. The van der Waals surface area contributed by atoms with Crippen LogP contribution in [0.25, 0.3) is 0 Å². The first-order chi connectivity index (χ1) is 12.1. The van der Waals surface area contributed by atoms with Crippen LogP contribution in [0.1, 0.15) is 48.5 Å². The third-order valence-electron chi connectivity index (χ3n) is 5.23. The maximum absolute atomic E-state index is 6.55. The van der Waals surface area contributed by atoms with Crippen molar-refractivity contribution in [2.45, 2.75) is 65.5 Å². The molecule has 2 heterocycles. The zero-order valence-electron chi connectivity index (χ0n) is 17.3. The van der Waals surface area contributed by atoms with Crippen LogP contribution in [0.3, 0.4) is 0 Å². The minimum Gasteiger partial charge on any atom is -0.496 e. The molecule has 0 aliphatic carbocycles. The van der Waals surface area contributed by atoms with Gasteiger partial charge in [-0.3, -0.25) is 0 Å². The Morgan fingerprint density at radius 2 is 1.88 bits per heavy atom. The highest BCUT2D eigenvalue weighted by Gasteiger charge is 2.53. The van der Waals surface area contributed by atoms with Gasteiger partial charge in [0.05, 0.1) is 23.9 Å². The molecule has 0 N–H and O–H groups in total. The molecule has 5 heteroatoms. The van der Waals surface area contributed by atoms with E-state index in [9.17, 15) is 0 Å². The first-order valence-corrected chi connectivity index (χ1v) is 10.8. The SMILES string of the molecule is COc1cccc2c1[P@@](C(C)(C)C)C(C(C)(C)C1=N[C@@H](C(C)C)CO1)O2. The van der Waals surface area contributed by atoms with E-state index in [1.807, 2.05) is 12.1 Å². The number of rotatable bonds is 4. The number of nitrogens with zero attached hydrogens (tertiary/aromatic N) is 1. The number of fused-ring (bicyclic) bond motifs is 1. The highest BCUT2D eigenvalue weighted by atomic mass is 31.1. The van der Waals surface area contributed by atoms with Crippen molar-refractivity contribution in [2.24, 2.45) is 16.3 Å². The normalized spacial score (nSPS) is 25.6. The third-order valence-corrected chi connectivity index (χ3v) is 8.82. The maximum atomic E-state index is 6.55. The fourth-order valence-corrected chi connectivity index (χ4v) is 6.99. The third kappa shape index (κ3) is 3.22. The number of methoxy groups -OCH3 is 1. The van der Waals surface area contributed by atoms with Crippen molar-refractivity contribution >= 4 is 19.1 Å². The molecule has 1 aromatic carbocycles. The molecule has 26 heavy (non-hydrogen) atoms. The molecule has 0 bridgehead atoms. The lowest BCUT2D eigenvalue weighted by atomic mass is 9.94. The number of hydrogen-bond acceptors (Lipinski definition) is 4. The zero-order valence-corrected chi connectivity index (χ0v) is 18.2. The van der Waals surface area contributed by atoms with E-state index in [1.54, 1.807) is 7.11 Å². The zero-order chi connectivity index (χ0) is 19.3. The van der Waals surface area contributed by atoms with Gasteiger partial charge in [-0.15, -0.1) is 0 Å². The molecule has 0 radical (unpaired) electrons. The molecule has 144 valence electrons. The van der Waals surface area contributed by atoms with Crippen molar-refractivity contribution in [3.05, 3.63) is 18.2 Å². The van der Waals surface area contributed by atoms with Crippen LogP contribution in [0.2, 0.25) is 0 Å². The molecule has 3 atom stereocenters. The Morgan fingerprint density at radius 3 is 2.42 bits per heavy atom. The fraction of sp³-hybridized carbons (Fsp3) is 0.667. The van der Waals surface area contributed by atoms with Gasteiger partial charge in [-0.1, -0.05) is 40.7 Å². The van der Waals surface area contributed by atoms with Gasteiger partial charge in [-0.05, 0) is 45.0 Å². The Bertz CT molecular complexity index is 706. The summed E-state index contributed by atoms with van der Waals surface area (Å²) in [4.78, 5) is 4.92. The summed E-state index contributed by atoms with van der Waals surface area (Å²) >= 11 is 0. The van der Waals surface area contributed by atoms with Crippen LogP contribution in [0.4, 0.5) is 0 Å². The van der Waals surface area contributed by atoms with E-state index in [-0.39, 0.29) is 22.5 Å². The van der Waals surface area contributed by atoms with Gasteiger partial charge in [0, 0.05) is 0 Å². The topological polar surface area (TPSA) is 40.0 Å². The van der Waals surface area contributed by atoms with Crippen molar-refractivity contribution in [3.8, 4) is 11.5 Å². The van der Waals surface area contributed by atoms with Crippen molar-refractivity contribution < 1.29 is 14.2 Å². The molecule has 2 aliphatic heterocycles.